The van der Waals surface area contributed by atoms with Crippen LogP contribution in [0.4, 0.5) is 4.79 Å². The summed E-state index contributed by atoms with van der Waals surface area (Å²) in [5.74, 6) is 0.0795. The molecule has 0 spiro atoms. The molecule has 23 heavy (non-hydrogen) atoms. The van der Waals surface area contributed by atoms with Crippen LogP contribution in [0, 0.1) is 0 Å². The third-order valence-electron chi connectivity index (χ3n) is 3.76. The first-order chi connectivity index (χ1) is 11.0. The summed E-state index contributed by atoms with van der Waals surface area (Å²) in [6.45, 7) is 2.49. The molecule has 7 heteroatoms. The molecule has 0 saturated carbocycles. The van der Waals surface area contributed by atoms with Gasteiger partial charge in [0.25, 0.3) is 0 Å². The molecule has 2 aromatic rings. The second kappa shape index (κ2) is 7.92. The molecule has 0 unspecified atom stereocenters. The number of hydrogen-bond donors (Lipinski definition) is 2. The van der Waals surface area contributed by atoms with E-state index in [1.54, 1.807) is 23.3 Å². The number of carbonyl (C=O) groups is 2. The fourth-order valence-corrected chi connectivity index (χ4v) is 3.30. The van der Waals surface area contributed by atoms with E-state index in [-0.39, 0.29) is 11.9 Å². The third-order valence-corrected chi connectivity index (χ3v) is 4.97. The zero-order chi connectivity index (χ0) is 16.8. The van der Waals surface area contributed by atoms with Gasteiger partial charge in [0, 0.05) is 20.0 Å². The molecule has 1 aromatic carbocycles. The van der Waals surface area contributed by atoms with Crippen LogP contribution in [0.1, 0.15) is 37.2 Å². The maximum Gasteiger partial charge on any atom is 0.312 e. The van der Waals surface area contributed by atoms with Crippen molar-refractivity contribution in [3.8, 4) is 0 Å². The highest BCUT2D eigenvalue weighted by Crippen LogP contribution is 2.29. The van der Waals surface area contributed by atoms with Crippen molar-refractivity contribution in [2.45, 2.75) is 32.2 Å². The number of thiazole rings is 1. The van der Waals surface area contributed by atoms with Gasteiger partial charge >= 0.3 is 6.03 Å². The van der Waals surface area contributed by atoms with Crippen LogP contribution in [-0.2, 0) is 4.79 Å². The summed E-state index contributed by atoms with van der Waals surface area (Å²) in [6.07, 6.45) is 1.90. The lowest BCUT2D eigenvalue weighted by Crippen LogP contribution is -2.31. The Kier molecular flexibility index (Phi) is 5.92. The molecule has 2 rings (SSSR count). The Hall–Kier alpha value is -2.15. The molecule has 124 valence electrons. The highest BCUT2D eigenvalue weighted by atomic mass is 32.1. The van der Waals surface area contributed by atoms with Gasteiger partial charge in [-0.3, -0.25) is 4.79 Å². The van der Waals surface area contributed by atoms with Gasteiger partial charge < -0.3 is 16.0 Å². The number of amides is 3. The minimum atomic E-state index is -0.530. The Labute approximate surface area is 139 Å². The fourth-order valence-electron chi connectivity index (χ4n) is 2.24. The number of nitrogens with two attached hydrogens (primary N) is 1. The maximum absolute atomic E-state index is 12.3. The summed E-state index contributed by atoms with van der Waals surface area (Å²) in [7, 11) is 1.81. The van der Waals surface area contributed by atoms with Gasteiger partial charge in [0.2, 0.25) is 5.91 Å². The number of primary amides is 1. The number of fused-ring (bicyclic) bond motifs is 1. The molecule has 0 aliphatic rings. The number of rotatable bonds is 7. The number of benzene rings is 1. The highest BCUT2D eigenvalue weighted by Gasteiger charge is 2.20. The molecule has 6 nitrogen and oxygen atoms in total. The number of aromatic nitrogens is 1. The van der Waals surface area contributed by atoms with Crippen molar-refractivity contribution in [1.29, 1.82) is 0 Å². The molecular weight excluding hydrogens is 312 g/mol. The van der Waals surface area contributed by atoms with E-state index in [1.165, 1.54) is 0 Å². The van der Waals surface area contributed by atoms with Crippen LogP contribution in [0.3, 0.4) is 0 Å². The number of para-hydroxylation sites is 1. The lowest BCUT2D eigenvalue weighted by Gasteiger charge is -2.23. The summed E-state index contributed by atoms with van der Waals surface area (Å²) in [6, 6.07) is 7.39. The topological polar surface area (TPSA) is 88.3 Å². The second-order valence-corrected chi connectivity index (χ2v) is 6.51. The quantitative estimate of drug-likeness (QED) is 0.763. The molecule has 0 aliphatic heterocycles. The van der Waals surface area contributed by atoms with Gasteiger partial charge in [-0.2, -0.15) is 0 Å². The van der Waals surface area contributed by atoms with E-state index in [2.05, 4.69) is 10.3 Å². The Bertz CT molecular complexity index is 653. The van der Waals surface area contributed by atoms with Crippen molar-refractivity contribution in [3.63, 3.8) is 0 Å². The van der Waals surface area contributed by atoms with E-state index < -0.39 is 6.03 Å². The van der Waals surface area contributed by atoms with Crippen LogP contribution in [-0.4, -0.2) is 35.4 Å². The van der Waals surface area contributed by atoms with Crippen LogP contribution in [0.5, 0.6) is 0 Å². The number of urea groups is 1. The number of hydrogen-bond acceptors (Lipinski definition) is 4. The Balaban J connectivity index is 1.87. The molecule has 0 aliphatic carbocycles. The van der Waals surface area contributed by atoms with Crippen molar-refractivity contribution >= 4 is 33.5 Å². The van der Waals surface area contributed by atoms with Crippen LogP contribution in [0.25, 0.3) is 10.2 Å². The Morgan fingerprint density at radius 2 is 2.09 bits per heavy atom. The molecule has 1 aromatic heterocycles. The zero-order valence-corrected chi connectivity index (χ0v) is 14.2. The number of unbranched alkanes of at least 4 members (excludes halogenated alkanes) is 1. The number of nitrogens with zero attached hydrogens (tertiary/aromatic N) is 2. The van der Waals surface area contributed by atoms with E-state index >= 15 is 0 Å². The summed E-state index contributed by atoms with van der Waals surface area (Å²) >= 11 is 1.62. The molecule has 3 amide bonds. The predicted octanol–water partition coefficient (Wildman–Crippen LogP) is 2.65. The first-order valence-electron chi connectivity index (χ1n) is 7.63. The van der Waals surface area contributed by atoms with Crippen molar-refractivity contribution < 1.29 is 9.59 Å². The van der Waals surface area contributed by atoms with Crippen molar-refractivity contribution in [3.05, 3.63) is 29.3 Å². The fraction of sp³-hybridized carbons (Fsp3) is 0.438. The van der Waals surface area contributed by atoms with Gasteiger partial charge in [-0.25, -0.2) is 9.78 Å². The largest absolute Gasteiger partial charge is 0.352 e. The molecule has 3 N–H and O–H groups in total. The predicted molar refractivity (Wildman–Crippen MR) is 92.2 cm³/mol. The first-order valence-corrected chi connectivity index (χ1v) is 8.45. The van der Waals surface area contributed by atoms with E-state index in [9.17, 15) is 9.59 Å². The van der Waals surface area contributed by atoms with Gasteiger partial charge in [-0.05, 0) is 31.9 Å². The maximum atomic E-state index is 12.3. The average molecular weight is 334 g/mol. The highest BCUT2D eigenvalue weighted by molar-refractivity contribution is 7.18. The lowest BCUT2D eigenvalue weighted by atomic mass is 10.2. The molecular formula is C16H22N4O2S. The standard InChI is InChI=1S/C16H22N4O2S/c1-11(15-19-12-7-3-4-8-13(12)23-15)20(2)14(21)9-5-6-10-18-16(17)22/h3-4,7-8,11H,5-6,9-10H2,1-2H3,(H3,17,18,22)/t11-/m1/s1. The molecule has 1 atom stereocenters. The Morgan fingerprint density at radius 1 is 1.35 bits per heavy atom. The van der Waals surface area contributed by atoms with Crippen LogP contribution < -0.4 is 11.1 Å². The normalized spacial score (nSPS) is 12.1. The lowest BCUT2D eigenvalue weighted by molar-refractivity contribution is -0.131. The molecule has 0 fully saturated rings. The van der Waals surface area contributed by atoms with Crippen LogP contribution in [0.15, 0.2) is 24.3 Å². The zero-order valence-electron chi connectivity index (χ0n) is 13.4. The summed E-state index contributed by atoms with van der Waals surface area (Å²) in [5.41, 5.74) is 5.96. The van der Waals surface area contributed by atoms with Gasteiger partial charge in [-0.1, -0.05) is 12.1 Å². The molecule has 0 saturated heterocycles. The first kappa shape index (κ1) is 17.2. The van der Waals surface area contributed by atoms with E-state index in [0.29, 0.717) is 13.0 Å². The van der Waals surface area contributed by atoms with Crippen LogP contribution in [0.2, 0.25) is 0 Å². The van der Waals surface area contributed by atoms with Crippen molar-refractivity contribution in [2.24, 2.45) is 5.73 Å². The minimum absolute atomic E-state index is 0.0522. The summed E-state index contributed by atoms with van der Waals surface area (Å²) < 4.78 is 1.13. The monoisotopic (exact) mass is 334 g/mol. The molecule has 0 radical (unpaired) electrons. The third kappa shape index (κ3) is 4.66. The number of nitrogens with one attached hydrogen (secondary N) is 1. The minimum Gasteiger partial charge on any atom is -0.352 e. The van der Waals surface area contributed by atoms with E-state index in [4.69, 9.17) is 5.73 Å². The smallest absolute Gasteiger partial charge is 0.312 e. The molecule has 0 bridgehead atoms. The van der Waals surface area contributed by atoms with E-state index in [0.717, 1.165) is 28.1 Å². The SMILES string of the molecule is C[C@H](c1nc2ccccc2s1)N(C)C(=O)CCCCNC(N)=O. The van der Waals surface area contributed by atoms with E-state index in [1.807, 2.05) is 31.2 Å². The Morgan fingerprint density at radius 3 is 2.78 bits per heavy atom. The molecule has 1 heterocycles. The number of carbonyl (C=O) groups excluding carboxylic acids is 2. The summed E-state index contributed by atoms with van der Waals surface area (Å²) in [5, 5.41) is 3.46. The van der Waals surface area contributed by atoms with Crippen molar-refractivity contribution in [1.82, 2.24) is 15.2 Å². The van der Waals surface area contributed by atoms with Gasteiger partial charge in [0.15, 0.2) is 0 Å². The van der Waals surface area contributed by atoms with Crippen LogP contribution >= 0.6 is 11.3 Å². The van der Waals surface area contributed by atoms with Gasteiger partial charge in [0.05, 0.1) is 16.3 Å². The average Bonchev–Trinajstić information content (AvgIpc) is 2.96. The van der Waals surface area contributed by atoms with Gasteiger partial charge in [-0.15, -0.1) is 11.3 Å². The second-order valence-electron chi connectivity index (χ2n) is 5.45. The summed E-state index contributed by atoms with van der Waals surface area (Å²) in [4.78, 5) is 29.2. The van der Waals surface area contributed by atoms with Crippen molar-refractivity contribution in [2.75, 3.05) is 13.6 Å². The van der Waals surface area contributed by atoms with Gasteiger partial charge in [0.1, 0.15) is 5.01 Å².